The summed E-state index contributed by atoms with van der Waals surface area (Å²) in [6, 6.07) is 16.3. The van der Waals surface area contributed by atoms with Crippen LogP contribution in [0.5, 0.6) is 0 Å². The molecule has 1 atom stereocenters. The second-order valence-corrected chi connectivity index (χ2v) is 5.52. The minimum absolute atomic E-state index is 0.210. The van der Waals surface area contributed by atoms with Gasteiger partial charge in [-0.3, -0.25) is 4.79 Å². The Labute approximate surface area is 132 Å². The minimum Gasteiger partial charge on any atom is -0.466 e. The first-order valence-electron chi connectivity index (χ1n) is 7.64. The van der Waals surface area contributed by atoms with Gasteiger partial charge in [0, 0.05) is 6.04 Å². The monoisotopic (exact) mass is 297 g/mol. The maximum Gasteiger partial charge on any atom is 0.307 e. The molecule has 0 spiro atoms. The zero-order chi connectivity index (χ0) is 15.9. The van der Waals surface area contributed by atoms with E-state index in [0.29, 0.717) is 6.61 Å². The van der Waals surface area contributed by atoms with Crippen LogP contribution in [0.1, 0.15) is 41.6 Å². The molecule has 2 aromatic rings. The van der Waals surface area contributed by atoms with Crippen molar-refractivity contribution in [1.29, 1.82) is 0 Å². The first kappa shape index (κ1) is 16.2. The summed E-state index contributed by atoms with van der Waals surface area (Å²) in [5.74, 6) is -0.251. The fraction of sp³-hybridized carbons (Fsp3) is 0.316. The molecule has 22 heavy (non-hydrogen) atoms. The normalized spacial score (nSPS) is 12.0. The van der Waals surface area contributed by atoms with Crippen molar-refractivity contribution >= 4 is 5.97 Å². The van der Waals surface area contributed by atoms with Gasteiger partial charge in [0.05, 0.1) is 13.0 Å². The molecule has 0 fully saturated rings. The molecule has 3 heteroatoms. The third-order valence-corrected chi connectivity index (χ3v) is 3.60. The molecule has 1 unspecified atom stereocenters. The molecule has 2 aromatic carbocycles. The summed E-state index contributed by atoms with van der Waals surface area (Å²) in [6.07, 6.45) is 1.07. The maximum absolute atomic E-state index is 11.5. The highest BCUT2D eigenvalue weighted by molar-refractivity contribution is 5.70. The highest BCUT2D eigenvalue weighted by atomic mass is 16.5. The van der Waals surface area contributed by atoms with E-state index in [-0.39, 0.29) is 18.4 Å². The Balaban J connectivity index is 2.05. The fourth-order valence-electron chi connectivity index (χ4n) is 2.39. The van der Waals surface area contributed by atoms with E-state index in [4.69, 9.17) is 10.5 Å². The smallest absolute Gasteiger partial charge is 0.307 e. The Morgan fingerprint density at radius 1 is 1.14 bits per heavy atom. The van der Waals surface area contributed by atoms with Gasteiger partial charge in [-0.05, 0) is 37.0 Å². The Morgan fingerprint density at radius 2 is 1.86 bits per heavy atom. The Hall–Kier alpha value is -2.13. The van der Waals surface area contributed by atoms with Gasteiger partial charge in [0.15, 0.2) is 0 Å². The second-order valence-electron chi connectivity index (χ2n) is 5.52. The SMILES string of the molecule is CCOC(=O)CC(N)c1cccc(Cc2ccc(C)cc2)c1. The predicted molar refractivity (Wildman–Crippen MR) is 88.6 cm³/mol. The van der Waals surface area contributed by atoms with Gasteiger partial charge in [-0.2, -0.15) is 0 Å². The summed E-state index contributed by atoms with van der Waals surface area (Å²) in [5, 5.41) is 0. The molecule has 0 aliphatic heterocycles. The van der Waals surface area contributed by atoms with Gasteiger partial charge in [-0.1, -0.05) is 54.1 Å². The van der Waals surface area contributed by atoms with Crippen LogP contribution < -0.4 is 5.73 Å². The number of rotatable bonds is 6. The number of carbonyl (C=O) groups excluding carboxylic acids is 1. The second kappa shape index (κ2) is 7.76. The molecule has 0 aliphatic carbocycles. The van der Waals surface area contributed by atoms with Crippen LogP contribution in [-0.2, 0) is 16.0 Å². The van der Waals surface area contributed by atoms with Crippen LogP contribution in [0, 0.1) is 6.92 Å². The Kier molecular flexibility index (Phi) is 5.73. The van der Waals surface area contributed by atoms with Crippen LogP contribution in [0.3, 0.4) is 0 Å². The largest absolute Gasteiger partial charge is 0.466 e. The Morgan fingerprint density at radius 3 is 2.55 bits per heavy atom. The summed E-state index contributed by atoms with van der Waals surface area (Å²) < 4.78 is 4.95. The van der Waals surface area contributed by atoms with Gasteiger partial charge in [0.25, 0.3) is 0 Å². The van der Waals surface area contributed by atoms with Crippen molar-refractivity contribution in [3.05, 3.63) is 70.8 Å². The standard InChI is InChI=1S/C19H23NO2/c1-3-22-19(21)13-18(20)17-6-4-5-16(12-17)11-15-9-7-14(2)8-10-15/h4-10,12,18H,3,11,13,20H2,1-2H3. The van der Waals surface area contributed by atoms with Crippen molar-refractivity contribution in [3.63, 3.8) is 0 Å². The predicted octanol–water partition coefficient (Wildman–Crippen LogP) is 3.54. The molecule has 3 nitrogen and oxygen atoms in total. The van der Waals surface area contributed by atoms with Crippen LogP contribution in [0.4, 0.5) is 0 Å². The first-order valence-corrected chi connectivity index (χ1v) is 7.64. The molecule has 0 bridgehead atoms. The topological polar surface area (TPSA) is 52.3 Å². The minimum atomic E-state index is -0.322. The third kappa shape index (κ3) is 4.71. The zero-order valence-corrected chi connectivity index (χ0v) is 13.2. The van der Waals surface area contributed by atoms with Crippen molar-refractivity contribution in [2.45, 2.75) is 32.7 Å². The van der Waals surface area contributed by atoms with Crippen LogP contribution in [0.15, 0.2) is 48.5 Å². The van der Waals surface area contributed by atoms with Gasteiger partial charge in [0.2, 0.25) is 0 Å². The number of carbonyl (C=O) groups is 1. The van der Waals surface area contributed by atoms with Gasteiger partial charge in [-0.25, -0.2) is 0 Å². The number of hydrogen-bond donors (Lipinski definition) is 1. The summed E-state index contributed by atoms with van der Waals surface area (Å²) in [7, 11) is 0. The molecule has 0 amide bonds. The molecule has 0 aliphatic rings. The molecule has 0 saturated heterocycles. The average molecular weight is 297 g/mol. The van der Waals surface area contributed by atoms with Gasteiger partial charge < -0.3 is 10.5 Å². The molecule has 2 N–H and O–H groups in total. The molecule has 0 radical (unpaired) electrons. The lowest BCUT2D eigenvalue weighted by Gasteiger charge is -2.13. The lowest BCUT2D eigenvalue weighted by molar-refractivity contribution is -0.143. The fourth-order valence-corrected chi connectivity index (χ4v) is 2.39. The molecule has 0 aromatic heterocycles. The van der Waals surface area contributed by atoms with E-state index in [9.17, 15) is 4.79 Å². The van der Waals surface area contributed by atoms with Crippen molar-refractivity contribution in [1.82, 2.24) is 0 Å². The van der Waals surface area contributed by atoms with Gasteiger partial charge in [0.1, 0.15) is 0 Å². The van der Waals surface area contributed by atoms with Crippen molar-refractivity contribution in [2.75, 3.05) is 6.61 Å². The van der Waals surface area contributed by atoms with Crippen molar-refractivity contribution in [3.8, 4) is 0 Å². The summed E-state index contributed by atoms with van der Waals surface area (Å²) in [6.45, 7) is 4.27. The van der Waals surface area contributed by atoms with E-state index < -0.39 is 0 Å². The molecule has 0 saturated carbocycles. The first-order chi connectivity index (χ1) is 10.6. The van der Waals surface area contributed by atoms with E-state index in [2.05, 4.69) is 43.3 Å². The third-order valence-electron chi connectivity index (χ3n) is 3.60. The number of nitrogens with two attached hydrogens (primary N) is 1. The lowest BCUT2D eigenvalue weighted by atomic mass is 9.98. The van der Waals surface area contributed by atoms with E-state index >= 15 is 0 Å². The van der Waals surface area contributed by atoms with Gasteiger partial charge >= 0.3 is 5.97 Å². The maximum atomic E-state index is 11.5. The molecule has 0 heterocycles. The highest BCUT2D eigenvalue weighted by Gasteiger charge is 2.12. The number of ether oxygens (including phenoxy) is 1. The van der Waals surface area contributed by atoms with E-state index in [1.807, 2.05) is 12.1 Å². The van der Waals surface area contributed by atoms with E-state index in [0.717, 1.165) is 12.0 Å². The van der Waals surface area contributed by atoms with Crippen LogP contribution in [0.25, 0.3) is 0 Å². The van der Waals surface area contributed by atoms with Gasteiger partial charge in [-0.15, -0.1) is 0 Å². The van der Waals surface area contributed by atoms with Crippen LogP contribution >= 0.6 is 0 Å². The van der Waals surface area contributed by atoms with Crippen molar-refractivity contribution < 1.29 is 9.53 Å². The average Bonchev–Trinajstić information content (AvgIpc) is 2.50. The highest BCUT2D eigenvalue weighted by Crippen LogP contribution is 2.18. The summed E-state index contributed by atoms with van der Waals surface area (Å²) in [4.78, 5) is 11.5. The van der Waals surface area contributed by atoms with E-state index in [1.54, 1.807) is 6.92 Å². The van der Waals surface area contributed by atoms with Crippen LogP contribution in [0.2, 0.25) is 0 Å². The molecule has 2 rings (SSSR count). The number of hydrogen-bond acceptors (Lipinski definition) is 3. The zero-order valence-electron chi connectivity index (χ0n) is 13.2. The Bertz CT molecular complexity index is 620. The molecule has 116 valence electrons. The van der Waals surface area contributed by atoms with Crippen LogP contribution in [-0.4, -0.2) is 12.6 Å². The number of esters is 1. The number of aryl methyl sites for hydroxylation is 1. The number of benzene rings is 2. The summed E-state index contributed by atoms with van der Waals surface area (Å²) in [5.41, 5.74) is 10.8. The molecular weight excluding hydrogens is 274 g/mol. The van der Waals surface area contributed by atoms with Crippen molar-refractivity contribution in [2.24, 2.45) is 5.73 Å². The van der Waals surface area contributed by atoms with E-state index in [1.165, 1.54) is 16.7 Å². The quantitative estimate of drug-likeness (QED) is 0.830. The lowest BCUT2D eigenvalue weighted by Crippen LogP contribution is -2.17. The summed E-state index contributed by atoms with van der Waals surface area (Å²) >= 11 is 0. The molecular formula is C19H23NO2.